The highest BCUT2D eigenvalue weighted by Gasteiger charge is 2.44. The zero-order chi connectivity index (χ0) is 14.3. The van der Waals surface area contributed by atoms with Crippen LogP contribution in [-0.4, -0.2) is 62.3 Å². The van der Waals surface area contributed by atoms with Gasteiger partial charge in [-0.15, -0.1) is 10.2 Å². The van der Waals surface area contributed by atoms with E-state index in [1.54, 1.807) is 4.90 Å². The van der Waals surface area contributed by atoms with Gasteiger partial charge in [-0.2, -0.15) is 0 Å². The first-order valence-electron chi connectivity index (χ1n) is 6.46. The summed E-state index contributed by atoms with van der Waals surface area (Å²) in [6.45, 7) is 0.821. The van der Waals surface area contributed by atoms with Crippen LogP contribution in [0.5, 0.6) is 0 Å². The van der Waals surface area contributed by atoms with E-state index in [0.717, 1.165) is 12.8 Å². The minimum Gasteiger partial charge on any atom is -0.465 e. The third kappa shape index (κ3) is 2.02. The Kier molecular flexibility index (Phi) is 2.92. The van der Waals surface area contributed by atoms with Gasteiger partial charge in [0.15, 0.2) is 5.69 Å². The Hall–Kier alpha value is -2.38. The van der Waals surface area contributed by atoms with E-state index in [-0.39, 0.29) is 29.5 Å². The van der Waals surface area contributed by atoms with Gasteiger partial charge >= 0.3 is 6.09 Å². The molecule has 2 aliphatic rings. The highest BCUT2D eigenvalue weighted by molar-refractivity contribution is 5.92. The maximum absolute atomic E-state index is 12.3. The lowest BCUT2D eigenvalue weighted by Crippen LogP contribution is -2.56. The van der Waals surface area contributed by atoms with Gasteiger partial charge in [0.25, 0.3) is 5.91 Å². The molecule has 3 heterocycles. The number of aromatic nitrogens is 2. The van der Waals surface area contributed by atoms with E-state index in [4.69, 9.17) is 5.73 Å². The maximum atomic E-state index is 12.3. The zero-order valence-corrected chi connectivity index (χ0v) is 10.8. The molecule has 8 nitrogen and oxygen atoms in total. The van der Waals surface area contributed by atoms with Crippen LogP contribution in [-0.2, 0) is 0 Å². The van der Waals surface area contributed by atoms with Gasteiger partial charge in [0.2, 0.25) is 0 Å². The summed E-state index contributed by atoms with van der Waals surface area (Å²) in [6.07, 6.45) is 0.694. The minimum atomic E-state index is -0.906. The number of nitrogens with zero attached hydrogens (tertiary/aromatic N) is 4. The number of piperazine rings is 1. The number of nitrogens with two attached hydrogens (primary N) is 1. The van der Waals surface area contributed by atoms with E-state index >= 15 is 0 Å². The van der Waals surface area contributed by atoms with E-state index in [1.165, 1.54) is 17.0 Å². The van der Waals surface area contributed by atoms with Gasteiger partial charge in [0.1, 0.15) is 5.82 Å². The molecule has 106 valence electrons. The monoisotopic (exact) mass is 277 g/mol. The van der Waals surface area contributed by atoms with E-state index in [2.05, 4.69) is 10.2 Å². The number of likely N-dealkylation sites (tertiary alicyclic amines) is 1. The van der Waals surface area contributed by atoms with Crippen molar-refractivity contribution in [3.63, 3.8) is 0 Å². The normalized spacial score (nSPS) is 24.8. The predicted octanol–water partition coefficient (Wildman–Crippen LogP) is 0.0256. The van der Waals surface area contributed by atoms with Crippen LogP contribution < -0.4 is 5.73 Å². The second-order valence-corrected chi connectivity index (χ2v) is 5.13. The lowest BCUT2D eigenvalue weighted by Gasteiger charge is -2.39. The summed E-state index contributed by atoms with van der Waals surface area (Å²) in [5, 5.41) is 16.6. The van der Waals surface area contributed by atoms with Crippen molar-refractivity contribution >= 4 is 17.8 Å². The fraction of sp³-hybridized carbons (Fsp3) is 0.500. The van der Waals surface area contributed by atoms with Crippen LogP contribution in [0, 0.1) is 0 Å². The number of hydrogen-bond donors (Lipinski definition) is 2. The largest absolute Gasteiger partial charge is 0.465 e. The summed E-state index contributed by atoms with van der Waals surface area (Å²) in [5.74, 6) is 0.0387. The highest BCUT2D eigenvalue weighted by atomic mass is 16.4. The molecule has 2 saturated heterocycles. The molecule has 2 atom stereocenters. The molecule has 2 fully saturated rings. The van der Waals surface area contributed by atoms with Crippen molar-refractivity contribution in [2.75, 3.05) is 18.8 Å². The number of carbonyl (C=O) groups is 2. The molecule has 2 aliphatic heterocycles. The Labute approximate surface area is 115 Å². The van der Waals surface area contributed by atoms with Gasteiger partial charge in [-0.05, 0) is 25.0 Å². The summed E-state index contributed by atoms with van der Waals surface area (Å²) >= 11 is 0. The fourth-order valence-corrected chi connectivity index (χ4v) is 3.00. The second kappa shape index (κ2) is 4.62. The number of carbonyl (C=O) groups excluding carboxylic acids is 1. The Morgan fingerprint density at radius 2 is 1.85 bits per heavy atom. The van der Waals surface area contributed by atoms with Gasteiger partial charge in [-0.25, -0.2) is 4.79 Å². The number of rotatable bonds is 1. The van der Waals surface area contributed by atoms with Crippen molar-refractivity contribution in [2.45, 2.75) is 24.9 Å². The lowest BCUT2D eigenvalue weighted by atomic mass is 10.2. The molecule has 0 radical (unpaired) electrons. The Bertz CT molecular complexity index is 533. The third-order valence-corrected chi connectivity index (χ3v) is 3.89. The molecule has 8 heteroatoms. The van der Waals surface area contributed by atoms with Crippen molar-refractivity contribution in [1.29, 1.82) is 0 Å². The summed E-state index contributed by atoms with van der Waals surface area (Å²) in [6, 6.07) is 2.84. The van der Waals surface area contributed by atoms with Gasteiger partial charge in [0, 0.05) is 13.1 Å². The number of nitrogen functional groups attached to an aromatic ring is 1. The first kappa shape index (κ1) is 12.6. The van der Waals surface area contributed by atoms with Crippen LogP contribution in [0.25, 0.3) is 0 Å². The maximum Gasteiger partial charge on any atom is 0.407 e. The summed E-state index contributed by atoms with van der Waals surface area (Å²) in [4.78, 5) is 26.6. The van der Waals surface area contributed by atoms with Crippen LogP contribution in [0.15, 0.2) is 12.1 Å². The highest BCUT2D eigenvalue weighted by Crippen LogP contribution is 2.30. The molecule has 2 amide bonds. The van der Waals surface area contributed by atoms with Crippen LogP contribution in [0.2, 0.25) is 0 Å². The quantitative estimate of drug-likeness (QED) is 0.748. The van der Waals surface area contributed by atoms with Crippen LogP contribution in [0.1, 0.15) is 23.3 Å². The topological polar surface area (TPSA) is 113 Å². The zero-order valence-electron chi connectivity index (χ0n) is 10.8. The Balaban J connectivity index is 1.76. The fourth-order valence-electron chi connectivity index (χ4n) is 3.00. The Morgan fingerprint density at radius 1 is 1.20 bits per heavy atom. The molecule has 3 rings (SSSR count). The molecule has 1 aromatic heterocycles. The number of hydrogen-bond acceptors (Lipinski definition) is 5. The van der Waals surface area contributed by atoms with E-state index in [9.17, 15) is 14.7 Å². The predicted molar refractivity (Wildman–Crippen MR) is 69.0 cm³/mol. The molecule has 3 N–H and O–H groups in total. The number of amides is 2. The van der Waals surface area contributed by atoms with Crippen molar-refractivity contribution in [2.24, 2.45) is 0 Å². The van der Waals surface area contributed by atoms with E-state index in [0.29, 0.717) is 13.1 Å². The summed E-state index contributed by atoms with van der Waals surface area (Å²) < 4.78 is 0. The number of anilines is 1. The molecular formula is C12H15N5O3. The van der Waals surface area contributed by atoms with Crippen molar-refractivity contribution < 1.29 is 14.7 Å². The molecule has 0 saturated carbocycles. The van der Waals surface area contributed by atoms with Gasteiger partial charge in [-0.3, -0.25) is 9.69 Å². The minimum absolute atomic E-state index is 0.114. The van der Waals surface area contributed by atoms with E-state index in [1.807, 2.05) is 0 Å². The molecule has 1 aromatic rings. The second-order valence-electron chi connectivity index (χ2n) is 5.13. The standard InChI is InChI=1S/C12H15N5O3/c13-10-4-3-9(14-15-10)11(18)16-5-7-1-2-8(6-16)17(7)12(19)20/h3-4,7-8H,1-2,5-6H2,(H2,13,15)(H,19,20). The van der Waals surface area contributed by atoms with E-state index < -0.39 is 6.09 Å². The summed E-state index contributed by atoms with van der Waals surface area (Å²) in [5.41, 5.74) is 5.68. The SMILES string of the molecule is Nc1ccc(C(=O)N2CC3CCC(C2)N3C(=O)O)nn1. The van der Waals surface area contributed by atoms with Crippen LogP contribution in [0.3, 0.4) is 0 Å². The van der Waals surface area contributed by atoms with Crippen molar-refractivity contribution in [3.8, 4) is 0 Å². The lowest BCUT2D eigenvalue weighted by molar-refractivity contribution is 0.0443. The number of carboxylic acid groups (broad SMARTS) is 1. The van der Waals surface area contributed by atoms with Gasteiger partial charge in [-0.1, -0.05) is 0 Å². The molecule has 2 bridgehead atoms. The average Bonchev–Trinajstić information content (AvgIpc) is 2.70. The molecule has 2 unspecified atom stereocenters. The first-order chi connectivity index (χ1) is 9.56. The summed E-state index contributed by atoms with van der Waals surface area (Å²) in [7, 11) is 0. The van der Waals surface area contributed by atoms with Crippen LogP contribution in [0.4, 0.5) is 10.6 Å². The molecule has 0 aliphatic carbocycles. The molecule has 0 spiro atoms. The van der Waals surface area contributed by atoms with Gasteiger partial charge < -0.3 is 15.7 Å². The first-order valence-corrected chi connectivity index (χ1v) is 6.46. The molecule has 0 aromatic carbocycles. The average molecular weight is 277 g/mol. The number of fused-ring (bicyclic) bond motifs is 2. The molecule has 20 heavy (non-hydrogen) atoms. The Morgan fingerprint density at radius 3 is 2.35 bits per heavy atom. The van der Waals surface area contributed by atoms with Crippen molar-refractivity contribution in [3.05, 3.63) is 17.8 Å². The van der Waals surface area contributed by atoms with Crippen molar-refractivity contribution in [1.82, 2.24) is 20.0 Å². The molecular weight excluding hydrogens is 262 g/mol. The van der Waals surface area contributed by atoms with Crippen LogP contribution >= 0.6 is 0 Å². The van der Waals surface area contributed by atoms with Gasteiger partial charge in [0.05, 0.1) is 12.1 Å². The third-order valence-electron chi connectivity index (χ3n) is 3.89. The smallest absolute Gasteiger partial charge is 0.407 e.